The molecule has 1 heterocycles. The Hall–Kier alpha value is -1.66. The zero-order valence-electron chi connectivity index (χ0n) is 5.77. The van der Waals surface area contributed by atoms with Crippen molar-refractivity contribution in [2.24, 2.45) is 5.73 Å². The summed E-state index contributed by atoms with van der Waals surface area (Å²) in [6, 6.07) is 0. The number of aryl methyl sites for hydroxylation is 1. The van der Waals surface area contributed by atoms with E-state index in [2.05, 4.69) is 15.5 Å². The summed E-state index contributed by atoms with van der Waals surface area (Å²) in [6.07, 6.45) is 0.190. The van der Waals surface area contributed by atoms with Gasteiger partial charge in [-0.1, -0.05) is 5.10 Å². The molecule has 0 aliphatic rings. The number of carbonyl (C=O) groups is 1. The van der Waals surface area contributed by atoms with Gasteiger partial charge in [0.05, 0.1) is 6.54 Å². The molecule has 1 amide bonds. The maximum absolute atomic E-state index is 10.3. The number of nitrogens with two attached hydrogens (primary N) is 2. The monoisotopic (exact) mass is 156 g/mol. The number of amides is 1. The van der Waals surface area contributed by atoms with Crippen molar-refractivity contribution in [3.8, 4) is 0 Å². The zero-order chi connectivity index (χ0) is 8.27. The number of hydrogen-bond donors (Lipinski definition) is 2. The van der Waals surface area contributed by atoms with E-state index in [9.17, 15) is 4.79 Å². The normalized spacial score (nSPS) is 9.82. The molecule has 7 nitrogen and oxygen atoms in total. The molecular formula is C4H8N6O. The van der Waals surface area contributed by atoms with Crippen molar-refractivity contribution >= 4 is 11.9 Å². The van der Waals surface area contributed by atoms with E-state index in [1.807, 2.05) is 0 Å². The topological polar surface area (TPSA) is 113 Å². The van der Waals surface area contributed by atoms with Crippen LogP contribution in [0, 0.1) is 0 Å². The van der Waals surface area contributed by atoms with E-state index in [1.54, 1.807) is 0 Å². The number of rotatable bonds is 3. The SMILES string of the molecule is NC(=O)CCn1nnnc1N. The molecule has 0 saturated carbocycles. The minimum absolute atomic E-state index is 0.186. The number of nitrogen functional groups attached to an aromatic ring is 1. The number of aromatic nitrogens is 4. The molecule has 0 radical (unpaired) electrons. The number of primary amides is 1. The Morgan fingerprint density at radius 2 is 2.36 bits per heavy atom. The highest BCUT2D eigenvalue weighted by Crippen LogP contribution is 1.92. The fraction of sp³-hybridized carbons (Fsp3) is 0.500. The summed E-state index contributed by atoms with van der Waals surface area (Å²) in [4.78, 5) is 10.3. The fourth-order valence-electron chi connectivity index (χ4n) is 0.587. The Kier molecular flexibility index (Phi) is 2.00. The maximum Gasteiger partial charge on any atom is 0.240 e. The first-order chi connectivity index (χ1) is 5.20. The molecular weight excluding hydrogens is 148 g/mol. The largest absolute Gasteiger partial charge is 0.370 e. The van der Waals surface area contributed by atoms with Crippen LogP contribution in [0.2, 0.25) is 0 Å². The van der Waals surface area contributed by atoms with Gasteiger partial charge in [0, 0.05) is 6.42 Å². The van der Waals surface area contributed by atoms with Crippen molar-refractivity contribution in [2.45, 2.75) is 13.0 Å². The Morgan fingerprint density at radius 3 is 2.82 bits per heavy atom. The molecule has 0 atom stereocenters. The Bertz CT molecular complexity index is 255. The van der Waals surface area contributed by atoms with Crippen molar-refractivity contribution in [2.75, 3.05) is 5.73 Å². The summed E-state index contributed by atoms with van der Waals surface area (Å²) in [5.74, 6) is -0.217. The highest BCUT2D eigenvalue weighted by atomic mass is 16.1. The summed E-state index contributed by atoms with van der Waals surface area (Å²) in [5, 5.41) is 10.2. The number of anilines is 1. The van der Waals surface area contributed by atoms with Gasteiger partial charge < -0.3 is 11.5 Å². The molecule has 4 N–H and O–H groups in total. The van der Waals surface area contributed by atoms with Crippen LogP contribution < -0.4 is 11.5 Å². The molecule has 0 spiro atoms. The second-order valence-corrected chi connectivity index (χ2v) is 1.98. The molecule has 60 valence electrons. The molecule has 0 saturated heterocycles. The van der Waals surface area contributed by atoms with Crippen molar-refractivity contribution in [1.82, 2.24) is 20.2 Å². The van der Waals surface area contributed by atoms with Crippen molar-refractivity contribution < 1.29 is 4.79 Å². The highest BCUT2D eigenvalue weighted by Gasteiger charge is 2.01. The summed E-state index contributed by atoms with van der Waals surface area (Å²) in [6.45, 7) is 0.328. The van der Waals surface area contributed by atoms with E-state index in [0.29, 0.717) is 6.54 Å². The van der Waals surface area contributed by atoms with Gasteiger partial charge in [0.25, 0.3) is 0 Å². The van der Waals surface area contributed by atoms with Gasteiger partial charge >= 0.3 is 0 Å². The van der Waals surface area contributed by atoms with Gasteiger partial charge in [-0.3, -0.25) is 4.79 Å². The van der Waals surface area contributed by atoms with Gasteiger partial charge in [-0.05, 0) is 10.4 Å². The molecule has 7 heteroatoms. The standard InChI is InChI=1S/C4H8N6O/c5-3(11)1-2-10-4(6)7-8-9-10/h1-2H2,(H2,5,11)(H2,6,7,9). The van der Waals surface area contributed by atoms with Gasteiger partial charge in [-0.2, -0.15) is 0 Å². The molecule has 0 aliphatic heterocycles. The first-order valence-corrected chi connectivity index (χ1v) is 3.00. The van der Waals surface area contributed by atoms with Crippen LogP contribution in [0.15, 0.2) is 0 Å². The van der Waals surface area contributed by atoms with Crippen LogP contribution in [0.5, 0.6) is 0 Å². The minimum Gasteiger partial charge on any atom is -0.370 e. The Labute approximate surface area is 62.4 Å². The third-order valence-corrected chi connectivity index (χ3v) is 1.13. The van der Waals surface area contributed by atoms with Gasteiger partial charge in [-0.25, -0.2) is 4.68 Å². The Morgan fingerprint density at radius 1 is 1.64 bits per heavy atom. The first-order valence-electron chi connectivity index (χ1n) is 3.00. The Balaban J connectivity index is 2.51. The quantitative estimate of drug-likeness (QED) is 0.532. The van der Waals surface area contributed by atoms with Crippen LogP contribution in [0.25, 0.3) is 0 Å². The number of nitrogens with zero attached hydrogens (tertiary/aromatic N) is 4. The number of tetrazole rings is 1. The number of hydrogen-bond acceptors (Lipinski definition) is 5. The van der Waals surface area contributed by atoms with Crippen molar-refractivity contribution in [3.05, 3.63) is 0 Å². The maximum atomic E-state index is 10.3. The lowest BCUT2D eigenvalue weighted by molar-refractivity contribution is -0.118. The molecule has 1 aromatic rings. The number of carbonyl (C=O) groups excluding carboxylic acids is 1. The highest BCUT2D eigenvalue weighted by molar-refractivity contribution is 5.73. The molecule has 0 aromatic carbocycles. The molecule has 1 aromatic heterocycles. The van der Waals surface area contributed by atoms with Gasteiger partial charge in [-0.15, -0.1) is 0 Å². The molecule has 0 bridgehead atoms. The smallest absolute Gasteiger partial charge is 0.240 e. The van der Waals surface area contributed by atoms with Crippen LogP contribution in [-0.2, 0) is 11.3 Å². The summed E-state index contributed by atoms with van der Waals surface area (Å²) >= 11 is 0. The van der Waals surface area contributed by atoms with Crippen LogP contribution in [0.4, 0.5) is 5.95 Å². The van der Waals surface area contributed by atoms with E-state index in [0.717, 1.165) is 0 Å². The lowest BCUT2D eigenvalue weighted by Gasteiger charge is -1.96. The van der Waals surface area contributed by atoms with E-state index in [-0.39, 0.29) is 12.4 Å². The van der Waals surface area contributed by atoms with Crippen LogP contribution in [0.1, 0.15) is 6.42 Å². The fourth-order valence-corrected chi connectivity index (χ4v) is 0.587. The van der Waals surface area contributed by atoms with Crippen molar-refractivity contribution in [3.63, 3.8) is 0 Å². The van der Waals surface area contributed by atoms with Crippen LogP contribution in [-0.4, -0.2) is 26.1 Å². The first kappa shape index (κ1) is 7.45. The molecule has 0 aliphatic carbocycles. The average Bonchev–Trinajstić information content (AvgIpc) is 2.31. The van der Waals surface area contributed by atoms with Gasteiger partial charge in [0.1, 0.15) is 0 Å². The molecule has 0 unspecified atom stereocenters. The third kappa shape index (κ3) is 1.88. The van der Waals surface area contributed by atoms with E-state index >= 15 is 0 Å². The second kappa shape index (κ2) is 2.95. The predicted octanol–water partition coefficient (Wildman–Crippen LogP) is -1.87. The zero-order valence-corrected chi connectivity index (χ0v) is 5.77. The lowest BCUT2D eigenvalue weighted by atomic mass is 10.4. The lowest BCUT2D eigenvalue weighted by Crippen LogP contribution is -2.15. The summed E-state index contributed by atoms with van der Waals surface area (Å²) in [7, 11) is 0. The van der Waals surface area contributed by atoms with Crippen LogP contribution >= 0.6 is 0 Å². The van der Waals surface area contributed by atoms with Gasteiger partial charge in [0.15, 0.2) is 0 Å². The van der Waals surface area contributed by atoms with Gasteiger partial charge in [0.2, 0.25) is 11.9 Å². The predicted molar refractivity (Wildman–Crippen MR) is 36.0 cm³/mol. The molecule has 0 fully saturated rings. The molecule has 1 rings (SSSR count). The average molecular weight is 156 g/mol. The van der Waals surface area contributed by atoms with E-state index in [4.69, 9.17) is 11.5 Å². The minimum atomic E-state index is -0.403. The second-order valence-electron chi connectivity index (χ2n) is 1.98. The summed E-state index contributed by atoms with van der Waals surface area (Å²) < 4.78 is 1.31. The van der Waals surface area contributed by atoms with E-state index in [1.165, 1.54) is 4.68 Å². The molecule has 11 heavy (non-hydrogen) atoms. The summed E-state index contributed by atoms with van der Waals surface area (Å²) in [5.41, 5.74) is 10.2. The van der Waals surface area contributed by atoms with E-state index < -0.39 is 5.91 Å². The van der Waals surface area contributed by atoms with Crippen molar-refractivity contribution in [1.29, 1.82) is 0 Å². The van der Waals surface area contributed by atoms with Crippen LogP contribution in [0.3, 0.4) is 0 Å². The third-order valence-electron chi connectivity index (χ3n) is 1.13.